The summed E-state index contributed by atoms with van der Waals surface area (Å²) < 4.78 is 6.35. The molecule has 3 rings (SSSR count). The zero-order valence-corrected chi connectivity index (χ0v) is 20.5. The number of hydrogen-bond acceptors (Lipinski definition) is 4. The van der Waals surface area contributed by atoms with Crippen LogP contribution in [0.5, 0.6) is 5.75 Å². The predicted octanol–water partition coefficient (Wildman–Crippen LogP) is 6.84. The van der Waals surface area contributed by atoms with E-state index >= 15 is 0 Å². The van der Waals surface area contributed by atoms with Gasteiger partial charge in [0.05, 0.1) is 11.8 Å². The van der Waals surface area contributed by atoms with E-state index in [-0.39, 0.29) is 12.5 Å². The number of carbonyl (C=O) groups is 1. The van der Waals surface area contributed by atoms with Gasteiger partial charge < -0.3 is 9.84 Å². The summed E-state index contributed by atoms with van der Waals surface area (Å²) >= 11 is 1.82. The first-order valence-corrected chi connectivity index (χ1v) is 12.7. The van der Waals surface area contributed by atoms with Crippen LogP contribution in [0.1, 0.15) is 50.3 Å². The maximum Gasteiger partial charge on any atom is 0.303 e. The molecule has 1 heterocycles. The van der Waals surface area contributed by atoms with Crippen molar-refractivity contribution >= 4 is 17.7 Å². The Hall–Kier alpha value is -2.79. The number of carboxylic acid groups (broad SMARTS) is 1. The molecule has 1 N–H and O–H groups in total. The molecule has 0 radical (unpaired) electrons. The number of aryl methyl sites for hydroxylation is 3. The van der Waals surface area contributed by atoms with Gasteiger partial charge in [-0.15, -0.1) is 11.8 Å². The van der Waals surface area contributed by atoms with Gasteiger partial charge in [-0.1, -0.05) is 32.0 Å². The normalized spacial score (nSPS) is 11.8. The Morgan fingerprint density at radius 1 is 1.06 bits per heavy atom. The first kappa shape index (κ1) is 24.8. The standard InChI is InChI=1S/C28H33NO3S/c1-4-21-9-13-27(25(18-21)26-8-6-7-16-29-26)32-20(3)15-17-33-24-12-10-23(11-14-28(30)31)22(5-2)19-24/h6-10,12-13,16,18-20H,4-5,11,14-15,17H2,1-3H3,(H,30,31)/t20-/m0/s1. The Labute approximate surface area is 201 Å². The molecular weight excluding hydrogens is 430 g/mol. The van der Waals surface area contributed by atoms with Crippen LogP contribution in [-0.4, -0.2) is 27.9 Å². The van der Waals surface area contributed by atoms with E-state index in [1.165, 1.54) is 16.0 Å². The topological polar surface area (TPSA) is 59.4 Å². The molecule has 0 fully saturated rings. The summed E-state index contributed by atoms with van der Waals surface area (Å²) in [5, 5.41) is 8.96. The fraction of sp³-hybridized carbons (Fsp3) is 0.357. The van der Waals surface area contributed by atoms with E-state index in [1.807, 2.05) is 36.2 Å². The number of rotatable bonds is 12. The smallest absolute Gasteiger partial charge is 0.303 e. The molecule has 0 saturated heterocycles. The van der Waals surface area contributed by atoms with Gasteiger partial charge in [0.1, 0.15) is 5.75 Å². The van der Waals surface area contributed by atoms with Gasteiger partial charge in [0, 0.05) is 28.8 Å². The second-order valence-corrected chi connectivity index (χ2v) is 9.31. The van der Waals surface area contributed by atoms with Crippen LogP contribution in [-0.2, 0) is 24.1 Å². The zero-order valence-electron chi connectivity index (χ0n) is 19.7. The lowest BCUT2D eigenvalue weighted by Crippen LogP contribution is -2.13. The van der Waals surface area contributed by atoms with Gasteiger partial charge in [0.2, 0.25) is 0 Å². The molecule has 0 bridgehead atoms. The van der Waals surface area contributed by atoms with Crippen LogP contribution in [0.25, 0.3) is 11.3 Å². The summed E-state index contributed by atoms with van der Waals surface area (Å²) in [5.74, 6) is 1.07. The number of hydrogen-bond donors (Lipinski definition) is 1. The number of benzene rings is 2. The fourth-order valence-corrected chi connectivity index (χ4v) is 4.82. The summed E-state index contributed by atoms with van der Waals surface area (Å²) in [7, 11) is 0. The van der Waals surface area contributed by atoms with Gasteiger partial charge in [-0.05, 0) is 85.7 Å². The van der Waals surface area contributed by atoms with E-state index in [4.69, 9.17) is 9.84 Å². The number of nitrogens with zero attached hydrogens (tertiary/aromatic N) is 1. The molecule has 174 valence electrons. The van der Waals surface area contributed by atoms with Gasteiger partial charge >= 0.3 is 5.97 Å². The highest BCUT2D eigenvalue weighted by Gasteiger charge is 2.13. The molecule has 5 heteroatoms. The number of carboxylic acids is 1. The van der Waals surface area contributed by atoms with Crippen molar-refractivity contribution in [2.75, 3.05) is 5.75 Å². The van der Waals surface area contributed by atoms with E-state index in [9.17, 15) is 4.79 Å². The first-order chi connectivity index (χ1) is 16.0. The van der Waals surface area contributed by atoms with Gasteiger partial charge in [0.25, 0.3) is 0 Å². The third-order valence-electron chi connectivity index (χ3n) is 5.68. The average Bonchev–Trinajstić information content (AvgIpc) is 2.83. The minimum atomic E-state index is -0.750. The first-order valence-electron chi connectivity index (χ1n) is 11.7. The molecule has 0 unspecified atom stereocenters. The van der Waals surface area contributed by atoms with Crippen molar-refractivity contribution in [1.29, 1.82) is 0 Å². The molecule has 0 amide bonds. The lowest BCUT2D eigenvalue weighted by Gasteiger charge is -2.18. The Morgan fingerprint density at radius 2 is 1.91 bits per heavy atom. The maximum absolute atomic E-state index is 10.9. The molecule has 1 aromatic heterocycles. The van der Waals surface area contributed by atoms with E-state index in [0.717, 1.165) is 47.6 Å². The quantitative estimate of drug-likeness (QED) is 0.298. The SMILES string of the molecule is CCc1ccc(O[C@@H](C)CCSc2ccc(CCC(=O)O)c(CC)c2)c(-c2ccccn2)c1. The van der Waals surface area contributed by atoms with E-state index in [2.05, 4.69) is 62.2 Å². The van der Waals surface area contributed by atoms with Crippen LogP contribution in [0.15, 0.2) is 65.7 Å². The number of ether oxygens (including phenoxy) is 1. The molecule has 1 atom stereocenters. The highest BCUT2D eigenvalue weighted by Crippen LogP contribution is 2.31. The van der Waals surface area contributed by atoms with Crippen LogP contribution < -0.4 is 4.74 Å². The molecule has 33 heavy (non-hydrogen) atoms. The summed E-state index contributed by atoms with van der Waals surface area (Å²) in [6, 6.07) is 18.7. The number of aromatic nitrogens is 1. The average molecular weight is 464 g/mol. The number of pyridine rings is 1. The molecule has 0 aliphatic heterocycles. The molecule has 0 aliphatic carbocycles. The minimum Gasteiger partial charge on any atom is -0.490 e. The molecule has 0 aliphatic rings. The van der Waals surface area contributed by atoms with Crippen LogP contribution in [0, 0.1) is 0 Å². The van der Waals surface area contributed by atoms with E-state index in [0.29, 0.717) is 6.42 Å². The van der Waals surface area contributed by atoms with Gasteiger partial charge in [-0.3, -0.25) is 9.78 Å². The lowest BCUT2D eigenvalue weighted by atomic mass is 10.0. The van der Waals surface area contributed by atoms with Crippen molar-refractivity contribution in [2.45, 2.75) is 63.9 Å². The van der Waals surface area contributed by atoms with Gasteiger partial charge in [-0.2, -0.15) is 0 Å². The van der Waals surface area contributed by atoms with Crippen molar-refractivity contribution in [3.05, 3.63) is 77.5 Å². The lowest BCUT2D eigenvalue weighted by molar-refractivity contribution is -0.136. The Kier molecular flexibility index (Phi) is 9.37. The number of aliphatic carboxylic acids is 1. The molecule has 0 spiro atoms. The monoisotopic (exact) mass is 463 g/mol. The van der Waals surface area contributed by atoms with Crippen LogP contribution >= 0.6 is 11.8 Å². The van der Waals surface area contributed by atoms with Crippen molar-refractivity contribution in [2.24, 2.45) is 0 Å². The zero-order chi connectivity index (χ0) is 23.6. The second kappa shape index (κ2) is 12.4. The van der Waals surface area contributed by atoms with Gasteiger partial charge in [-0.25, -0.2) is 0 Å². The molecule has 4 nitrogen and oxygen atoms in total. The third-order valence-corrected chi connectivity index (χ3v) is 6.71. The summed E-state index contributed by atoms with van der Waals surface area (Å²) in [6.07, 6.45) is 5.46. The number of thioether (sulfide) groups is 1. The van der Waals surface area contributed by atoms with Gasteiger partial charge in [0.15, 0.2) is 0 Å². The molecule has 2 aromatic carbocycles. The van der Waals surface area contributed by atoms with Crippen LogP contribution in [0.3, 0.4) is 0 Å². The Bertz CT molecular complexity index is 1050. The van der Waals surface area contributed by atoms with Crippen molar-refractivity contribution in [3.63, 3.8) is 0 Å². The minimum absolute atomic E-state index is 0.0768. The highest BCUT2D eigenvalue weighted by atomic mass is 32.2. The predicted molar refractivity (Wildman–Crippen MR) is 136 cm³/mol. The summed E-state index contributed by atoms with van der Waals surface area (Å²) in [5.41, 5.74) is 5.61. The van der Waals surface area contributed by atoms with Crippen LogP contribution in [0.2, 0.25) is 0 Å². The van der Waals surface area contributed by atoms with Crippen molar-refractivity contribution < 1.29 is 14.6 Å². The molecule has 0 saturated carbocycles. The maximum atomic E-state index is 10.9. The molecular formula is C28H33NO3S. The third kappa shape index (κ3) is 7.36. The van der Waals surface area contributed by atoms with E-state index < -0.39 is 5.97 Å². The second-order valence-electron chi connectivity index (χ2n) is 8.14. The highest BCUT2D eigenvalue weighted by molar-refractivity contribution is 7.99. The summed E-state index contributed by atoms with van der Waals surface area (Å²) in [4.78, 5) is 16.6. The van der Waals surface area contributed by atoms with Crippen molar-refractivity contribution in [1.82, 2.24) is 4.98 Å². The van der Waals surface area contributed by atoms with Crippen molar-refractivity contribution in [3.8, 4) is 17.0 Å². The largest absolute Gasteiger partial charge is 0.490 e. The van der Waals surface area contributed by atoms with E-state index in [1.54, 1.807) is 0 Å². The Morgan fingerprint density at radius 3 is 2.61 bits per heavy atom. The van der Waals surface area contributed by atoms with Crippen LogP contribution in [0.4, 0.5) is 0 Å². The fourth-order valence-electron chi connectivity index (χ4n) is 3.75. The summed E-state index contributed by atoms with van der Waals surface area (Å²) in [6.45, 7) is 6.39. The molecule has 3 aromatic rings. The Balaban J connectivity index is 1.60.